The van der Waals surface area contributed by atoms with Crippen molar-refractivity contribution in [3.05, 3.63) is 41.2 Å². The zero-order valence-corrected chi connectivity index (χ0v) is 15.1. The van der Waals surface area contributed by atoms with Gasteiger partial charge in [0.2, 0.25) is 0 Å². The van der Waals surface area contributed by atoms with E-state index in [0.29, 0.717) is 24.2 Å². The van der Waals surface area contributed by atoms with Crippen molar-refractivity contribution in [3.8, 4) is 6.07 Å². The predicted molar refractivity (Wildman–Crippen MR) is 95.3 cm³/mol. The number of rotatable bonds is 5. The van der Waals surface area contributed by atoms with Crippen LogP contribution in [0.4, 0.5) is 10.5 Å². The van der Waals surface area contributed by atoms with Gasteiger partial charge in [0.05, 0.1) is 30.5 Å². The van der Waals surface area contributed by atoms with Crippen molar-refractivity contribution >= 4 is 23.6 Å². The summed E-state index contributed by atoms with van der Waals surface area (Å²) >= 11 is 0. The highest BCUT2D eigenvalue weighted by atomic mass is 16.5. The molecule has 3 amide bonds. The fourth-order valence-electron chi connectivity index (χ4n) is 2.46. The van der Waals surface area contributed by atoms with E-state index < -0.39 is 29.2 Å². The fourth-order valence-corrected chi connectivity index (χ4v) is 2.46. The summed E-state index contributed by atoms with van der Waals surface area (Å²) in [6, 6.07) is 7.35. The van der Waals surface area contributed by atoms with Gasteiger partial charge in [-0.25, -0.2) is 9.59 Å². The van der Waals surface area contributed by atoms with Gasteiger partial charge in [0.1, 0.15) is 5.76 Å². The van der Waals surface area contributed by atoms with Crippen LogP contribution in [0.2, 0.25) is 0 Å². The van der Waals surface area contributed by atoms with Gasteiger partial charge in [-0.3, -0.25) is 9.80 Å². The van der Waals surface area contributed by atoms with E-state index in [1.165, 1.54) is 29.3 Å². The molecule has 0 bridgehead atoms. The zero-order valence-electron chi connectivity index (χ0n) is 15.1. The van der Waals surface area contributed by atoms with E-state index in [1.807, 2.05) is 13.0 Å². The number of hydrogen-bond acceptors (Lipinski definition) is 7. The quantitative estimate of drug-likeness (QED) is 0.594. The number of nitrogens with one attached hydrogen (secondary N) is 1. The fraction of sp³-hybridized carbons (Fsp3) is 0.333. The van der Waals surface area contributed by atoms with Crippen LogP contribution in [0, 0.1) is 11.3 Å². The van der Waals surface area contributed by atoms with Crippen molar-refractivity contribution in [1.82, 2.24) is 10.3 Å². The minimum Gasteiger partial charge on any atom is -0.509 e. The Morgan fingerprint density at radius 3 is 2.52 bits per heavy atom. The van der Waals surface area contributed by atoms with E-state index in [1.54, 1.807) is 6.92 Å². The first-order chi connectivity index (χ1) is 12.9. The molecule has 0 fully saturated rings. The number of hydrazine groups is 1. The highest BCUT2D eigenvalue weighted by Crippen LogP contribution is 2.26. The van der Waals surface area contributed by atoms with E-state index >= 15 is 0 Å². The van der Waals surface area contributed by atoms with Gasteiger partial charge in [-0.15, -0.1) is 0 Å². The normalized spacial score (nSPS) is 14.0. The Labute approximate surface area is 156 Å². The SMILES string of the molecule is CCCNC(=O)N1C(=O)C(C(=O)OCC)=C(O)CN1c1ccc(C#N)cc1. The van der Waals surface area contributed by atoms with Gasteiger partial charge in [0, 0.05) is 6.54 Å². The first-order valence-electron chi connectivity index (χ1n) is 8.43. The number of aliphatic hydroxyl groups excluding tert-OH is 1. The maximum Gasteiger partial charge on any atom is 0.347 e. The minimum atomic E-state index is -0.993. The molecule has 0 unspecified atom stereocenters. The summed E-state index contributed by atoms with van der Waals surface area (Å²) in [5, 5.41) is 23.7. The molecule has 0 saturated carbocycles. The molecule has 27 heavy (non-hydrogen) atoms. The van der Waals surface area contributed by atoms with Crippen molar-refractivity contribution < 1.29 is 24.2 Å². The second-order valence-electron chi connectivity index (χ2n) is 5.61. The number of carbonyl (C=O) groups is 3. The number of urea groups is 1. The third kappa shape index (κ3) is 4.17. The van der Waals surface area contributed by atoms with E-state index in [4.69, 9.17) is 10.00 Å². The van der Waals surface area contributed by atoms with Crippen LogP contribution < -0.4 is 10.3 Å². The highest BCUT2D eigenvalue weighted by molar-refractivity contribution is 6.21. The molecule has 0 atom stereocenters. The molecule has 1 aromatic carbocycles. The van der Waals surface area contributed by atoms with Gasteiger partial charge >= 0.3 is 12.0 Å². The van der Waals surface area contributed by atoms with Gasteiger partial charge in [0.25, 0.3) is 5.91 Å². The number of amides is 3. The lowest BCUT2D eigenvalue weighted by atomic mass is 10.1. The maximum absolute atomic E-state index is 12.8. The minimum absolute atomic E-state index is 0.0181. The Balaban J connectivity index is 2.46. The third-order valence-corrected chi connectivity index (χ3v) is 3.73. The van der Waals surface area contributed by atoms with Crippen LogP contribution in [0.25, 0.3) is 0 Å². The van der Waals surface area contributed by atoms with Gasteiger partial charge in [-0.05, 0) is 37.6 Å². The standard InChI is InChI=1S/C18H20N4O5/c1-3-9-20-18(26)22-16(24)15(17(25)27-4-2)14(23)11-21(22)13-7-5-12(10-19)6-8-13/h5-8,23H,3-4,9,11H2,1-2H3,(H,20,26). The topological polar surface area (TPSA) is 123 Å². The molecule has 0 aliphatic carbocycles. The monoisotopic (exact) mass is 372 g/mol. The average Bonchev–Trinajstić information content (AvgIpc) is 2.66. The van der Waals surface area contributed by atoms with Crippen molar-refractivity contribution in [3.63, 3.8) is 0 Å². The zero-order chi connectivity index (χ0) is 20.0. The summed E-state index contributed by atoms with van der Waals surface area (Å²) in [6.07, 6.45) is 0.649. The summed E-state index contributed by atoms with van der Waals surface area (Å²) in [5.74, 6) is -2.48. The number of aliphatic hydroxyl groups is 1. The molecule has 1 aromatic rings. The second kappa shape index (κ2) is 8.71. The van der Waals surface area contributed by atoms with Crippen molar-refractivity contribution in [2.75, 3.05) is 24.7 Å². The van der Waals surface area contributed by atoms with Crippen LogP contribution >= 0.6 is 0 Å². The van der Waals surface area contributed by atoms with Crippen LogP contribution in [-0.2, 0) is 14.3 Å². The van der Waals surface area contributed by atoms with Gasteiger partial charge in [-0.2, -0.15) is 10.3 Å². The van der Waals surface area contributed by atoms with Crippen LogP contribution in [0.15, 0.2) is 35.6 Å². The Morgan fingerprint density at radius 1 is 1.30 bits per heavy atom. The first-order valence-corrected chi connectivity index (χ1v) is 8.43. The molecule has 0 aromatic heterocycles. The van der Waals surface area contributed by atoms with Gasteiger partial charge < -0.3 is 15.2 Å². The number of imide groups is 1. The second-order valence-corrected chi connectivity index (χ2v) is 5.61. The van der Waals surface area contributed by atoms with Crippen LogP contribution in [0.3, 0.4) is 0 Å². The number of hydrogen-bond donors (Lipinski definition) is 2. The number of esters is 1. The van der Waals surface area contributed by atoms with Crippen LogP contribution in [0.5, 0.6) is 0 Å². The van der Waals surface area contributed by atoms with Crippen molar-refractivity contribution in [1.29, 1.82) is 5.26 Å². The van der Waals surface area contributed by atoms with Crippen LogP contribution in [0.1, 0.15) is 25.8 Å². The third-order valence-electron chi connectivity index (χ3n) is 3.73. The number of anilines is 1. The highest BCUT2D eigenvalue weighted by Gasteiger charge is 2.41. The van der Waals surface area contributed by atoms with E-state index in [0.717, 1.165) is 5.01 Å². The summed E-state index contributed by atoms with van der Waals surface area (Å²) in [4.78, 5) is 37.4. The number of ether oxygens (including phenoxy) is 1. The number of nitrogens with zero attached hydrogens (tertiary/aromatic N) is 3. The average molecular weight is 372 g/mol. The number of carbonyl (C=O) groups excluding carboxylic acids is 3. The Hall–Kier alpha value is -3.54. The van der Waals surface area contributed by atoms with Gasteiger partial charge in [-0.1, -0.05) is 6.92 Å². The molecule has 9 heteroatoms. The van der Waals surface area contributed by atoms with Crippen molar-refractivity contribution in [2.24, 2.45) is 0 Å². The first kappa shape index (κ1) is 19.8. The molecule has 1 aliphatic heterocycles. The molecular weight excluding hydrogens is 352 g/mol. The van der Waals surface area contributed by atoms with Gasteiger partial charge in [0.15, 0.2) is 5.57 Å². The van der Waals surface area contributed by atoms with E-state index in [9.17, 15) is 19.5 Å². The van der Waals surface area contributed by atoms with Crippen LogP contribution in [-0.4, -0.2) is 47.7 Å². The molecule has 142 valence electrons. The molecule has 1 aliphatic rings. The molecule has 2 N–H and O–H groups in total. The van der Waals surface area contributed by atoms with E-state index in [-0.39, 0.29) is 13.2 Å². The molecule has 2 rings (SSSR count). The summed E-state index contributed by atoms with van der Waals surface area (Å²) in [6.45, 7) is 3.48. The lowest BCUT2D eigenvalue weighted by Gasteiger charge is -2.38. The molecule has 0 saturated heterocycles. The molecule has 1 heterocycles. The smallest absolute Gasteiger partial charge is 0.347 e. The Kier molecular flexibility index (Phi) is 6.38. The lowest BCUT2D eigenvalue weighted by Crippen LogP contribution is -2.58. The molecule has 0 spiro atoms. The maximum atomic E-state index is 12.8. The summed E-state index contributed by atoms with van der Waals surface area (Å²) in [7, 11) is 0. The molecule has 9 nitrogen and oxygen atoms in total. The Bertz CT molecular complexity index is 810. The number of nitriles is 1. The lowest BCUT2D eigenvalue weighted by molar-refractivity contribution is -0.142. The molecular formula is C18H20N4O5. The Morgan fingerprint density at radius 2 is 1.96 bits per heavy atom. The van der Waals surface area contributed by atoms with E-state index in [2.05, 4.69) is 5.32 Å². The number of benzene rings is 1. The largest absolute Gasteiger partial charge is 0.509 e. The molecule has 0 radical (unpaired) electrons. The predicted octanol–water partition coefficient (Wildman–Crippen LogP) is 1.62. The summed E-state index contributed by atoms with van der Waals surface area (Å²) in [5.41, 5.74) is 0.216. The summed E-state index contributed by atoms with van der Waals surface area (Å²) < 4.78 is 4.81. The van der Waals surface area contributed by atoms with Crippen molar-refractivity contribution in [2.45, 2.75) is 20.3 Å².